The molecule has 1 amide bonds. The molecule has 0 aliphatic heterocycles. The molecule has 1 aromatic carbocycles. The minimum atomic E-state index is -3.54. The number of sulfonamides is 1. The van der Waals surface area contributed by atoms with Crippen LogP contribution in [0.3, 0.4) is 0 Å². The molecule has 0 aliphatic carbocycles. The van der Waals surface area contributed by atoms with Crippen LogP contribution >= 0.6 is 11.6 Å². The van der Waals surface area contributed by atoms with Crippen molar-refractivity contribution >= 4 is 33.2 Å². The van der Waals surface area contributed by atoms with E-state index in [1.54, 1.807) is 12.1 Å². The molecule has 0 unspecified atom stereocenters. The molecule has 8 heteroatoms. The van der Waals surface area contributed by atoms with Gasteiger partial charge in [-0.2, -0.15) is 0 Å². The number of halogens is 1. The van der Waals surface area contributed by atoms with Crippen LogP contribution in [0.4, 0.5) is 5.69 Å². The number of hydrogen-bond donors (Lipinski definition) is 2. The van der Waals surface area contributed by atoms with E-state index >= 15 is 0 Å². The molecule has 1 aromatic heterocycles. The smallest absolute Gasteiger partial charge is 0.272 e. The van der Waals surface area contributed by atoms with Crippen LogP contribution in [0.5, 0.6) is 0 Å². The summed E-state index contributed by atoms with van der Waals surface area (Å²) in [4.78, 5) is 14.8. The Morgan fingerprint density at radius 2 is 2.00 bits per heavy atom. The number of aromatic nitrogens is 1. The van der Waals surface area contributed by atoms with Gasteiger partial charge in [-0.05, 0) is 24.3 Å². The Kier molecular flexibility index (Phi) is 4.36. The molecule has 0 saturated carbocycles. The summed E-state index contributed by atoms with van der Waals surface area (Å²) < 4.78 is 25.2. The van der Waals surface area contributed by atoms with E-state index in [9.17, 15) is 13.2 Å². The van der Waals surface area contributed by atoms with Gasteiger partial charge in [0.2, 0.25) is 10.0 Å². The average Bonchev–Trinajstić information content (AvgIpc) is 2.85. The molecule has 0 spiro atoms. The van der Waals surface area contributed by atoms with Gasteiger partial charge in [0.1, 0.15) is 5.69 Å². The first-order chi connectivity index (χ1) is 9.80. The van der Waals surface area contributed by atoms with Crippen molar-refractivity contribution in [1.29, 1.82) is 0 Å². The summed E-state index contributed by atoms with van der Waals surface area (Å²) in [6.07, 6.45) is 1.49. The second kappa shape index (κ2) is 5.88. The number of amides is 1. The quantitative estimate of drug-likeness (QED) is 0.902. The third-order valence-corrected chi connectivity index (χ3v) is 4.79. The maximum atomic E-state index is 12.0. The summed E-state index contributed by atoms with van der Waals surface area (Å²) in [5.74, 6) is -0.402. The van der Waals surface area contributed by atoms with Crippen LogP contribution in [0.15, 0.2) is 41.4 Å². The van der Waals surface area contributed by atoms with Crippen LogP contribution in [0.2, 0.25) is 5.02 Å². The second-order valence-corrected chi connectivity index (χ2v) is 7.09. The number of hydrogen-bond acceptors (Lipinski definition) is 3. The Labute approximate surface area is 127 Å². The van der Waals surface area contributed by atoms with Crippen molar-refractivity contribution in [3.8, 4) is 0 Å². The molecule has 0 saturated heterocycles. The zero-order valence-electron chi connectivity index (χ0n) is 11.4. The van der Waals surface area contributed by atoms with Crippen molar-refractivity contribution in [2.24, 2.45) is 0 Å². The average molecular weight is 328 g/mol. The van der Waals surface area contributed by atoms with Gasteiger partial charge in [0, 0.05) is 26.0 Å². The maximum Gasteiger partial charge on any atom is 0.272 e. The molecule has 0 aliphatic rings. The Bertz CT molecular complexity index is 768. The van der Waals surface area contributed by atoms with Gasteiger partial charge < -0.3 is 10.3 Å². The third-order valence-electron chi connectivity index (χ3n) is 2.76. The lowest BCUT2D eigenvalue weighted by molar-refractivity contribution is 0.102. The summed E-state index contributed by atoms with van der Waals surface area (Å²) in [6, 6.07) is 7.52. The van der Waals surface area contributed by atoms with E-state index in [2.05, 4.69) is 10.3 Å². The normalized spacial score (nSPS) is 11.6. The van der Waals surface area contributed by atoms with Gasteiger partial charge in [0.15, 0.2) is 0 Å². The minimum Gasteiger partial charge on any atom is -0.356 e. The first-order valence-corrected chi connectivity index (χ1v) is 7.80. The fourth-order valence-electron chi connectivity index (χ4n) is 1.64. The third kappa shape index (κ3) is 3.44. The van der Waals surface area contributed by atoms with Crippen LogP contribution in [0.25, 0.3) is 0 Å². The summed E-state index contributed by atoms with van der Waals surface area (Å²) in [7, 11) is -0.651. The molecular weight excluding hydrogens is 314 g/mol. The predicted molar refractivity (Wildman–Crippen MR) is 81.1 cm³/mol. The van der Waals surface area contributed by atoms with Gasteiger partial charge in [-0.15, -0.1) is 0 Å². The summed E-state index contributed by atoms with van der Waals surface area (Å²) in [5, 5.41) is 3.03. The molecule has 21 heavy (non-hydrogen) atoms. The number of carbonyl (C=O) groups excluding carboxylic acids is 1. The van der Waals surface area contributed by atoms with Crippen molar-refractivity contribution in [3.63, 3.8) is 0 Å². The first-order valence-electron chi connectivity index (χ1n) is 5.98. The minimum absolute atomic E-state index is 0.106. The lowest BCUT2D eigenvalue weighted by Gasteiger charge is -2.12. The van der Waals surface area contributed by atoms with E-state index < -0.39 is 15.9 Å². The number of carbonyl (C=O) groups is 1. The molecule has 2 rings (SSSR count). The molecule has 6 nitrogen and oxygen atoms in total. The highest BCUT2D eigenvalue weighted by atomic mass is 35.5. The number of nitrogens with zero attached hydrogens (tertiary/aromatic N) is 1. The summed E-state index contributed by atoms with van der Waals surface area (Å²) >= 11 is 5.73. The van der Waals surface area contributed by atoms with Crippen LogP contribution in [-0.4, -0.2) is 37.7 Å². The second-order valence-electron chi connectivity index (χ2n) is 4.50. The lowest BCUT2D eigenvalue weighted by Crippen LogP contribution is -2.22. The standard InChI is InChI=1S/C13H14ClN3O3S/c1-17(2)21(19,20)11-5-3-4-10(7-11)16-13(18)12-6-9(14)8-15-12/h3-8,15H,1-2H3,(H,16,18). The topological polar surface area (TPSA) is 82.3 Å². The predicted octanol–water partition coefficient (Wildman–Crippen LogP) is 2.17. The Morgan fingerprint density at radius 3 is 2.57 bits per heavy atom. The molecule has 2 N–H and O–H groups in total. The van der Waals surface area contributed by atoms with E-state index in [0.717, 1.165) is 4.31 Å². The zero-order chi connectivity index (χ0) is 15.6. The Morgan fingerprint density at radius 1 is 1.29 bits per heavy atom. The van der Waals surface area contributed by atoms with Gasteiger partial charge in [0.05, 0.1) is 9.92 Å². The van der Waals surface area contributed by atoms with E-state index in [1.165, 1.54) is 38.5 Å². The highest BCUT2D eigenvalue weighted by molar-refractivity contribution is 7.89. The molecular formula is C13H14ClN3O3S. The monoisotopic (exact) mass is 327 g/mol. The molecule has 0 radical (unpaired) electrons. The van der Waals surface area contributed by atoms with Crippen molar-refractivity contribution in [2.45, 2.75) is 4.90 Å². The maximum absolute atomic E-state index is 12.0. The van der Waals surface area contributed by atoms with Crippen molar-refractivity contribution < 1.29 is 13.2 Å². The number of nitrogens with one attached hydrogen (secondary N) is 2. The van der Waals surface area contributed by atoms with E-state index in [1.807, 2.05) is 0 Å². The highest BCUT2D eigenvalue weighted by Gasteiger charge is 2.18. The Balaban J connectivity index is 2.25. The van der Waals surface area contributed by atoms with E-state index in [-0.39, 0.29) is 4.90 Å². The van der Waals surface area contributed by atoms with Crippen molar-refractivity contribution in [3.05, 3.63) is 47.2 Å². The van der Waals surface area contributed by atoms with Gasteiger partial charge in [0.25, 0.3) is 5.91 Å². The fraction of sp³-hybridized carbons (Fsp3) is 0.154. The molecule has 0 fully saturated rings. The largest absolute Gasteiger partial charge is 0.356 e. The molecule has 1 heterocycles. The zero-order valence-corrected chi connectivity index (χ0v) is 13.0. The lowest BCUT2D eigenvalue weighted by atomic mass is 10.3. The number of anilines is 1. The van der Waals surface area contributed by atoms with Crippen LogP contribution < -0.4 is 5.32 Å². The summed E-state index contributed by atoms with van der Waals surface area (Å²) in [6.45, 7) is 0. The molecule has 112 valence electrons. The van der Waals surface area contributed by atoms with Gasteiger partial charge in [-0.1, -0.05) is 17.7 Å². The van der Waals surface area contributed by atoms with Crippen molar-refractivity contribution in [1.82, 2.24) is 9.29 Å². The van der Waals surface area contributed by atoms with Gasteiger partial charge in [-0.25, -0.2) is 12.7 Å². The van der Waals surface area contributed by atoms with Crippen LogP contribution in [0.1, 0.15) is 10.5 Å². The van der Waals surface area contributed by atoms with Crippen LogP contribution in [0, 0.1) is 0 Å². The fourth-order valence-corrected chi connectivity index (χ4v) is 2.75. The SMILES string of the molecule is CN(C)S(=O)(=O)c1cccc(NC(=O)c2cc(Cl)c[nH]2)c1. The van der Waals surface area contributed by atoms with E-state index in [4.69, 9.17) is 11.6 Å². The van der Waals surface area contributed by atoms with Crippen molar-refractivity contribution in [2.75, 3.05) is 19.4 Å². The molecule has 0 atom stereocenters. The first kappa shape index (κ1) is 15.6. The highest BCUT2D eigenvalue weighted by Crippen LogP contribution is 2.19. The number of benzene rings is 1. The number of rotatable bonds is 4. The number of H-pyrrole nitrogens is 1. The Hall–Kier alpha value is -1.83. The van der Waals surface area contributed by atoms with E-state index in [0.29, 0.717) is 16.4 Å². The van der Waals surface area contributed by atoms with Gasteiger partial charge in [-0.3, -0.25) is 4.79 Å². The molecule has 0 bridgehead atoms. The summed E-state index contributed by atoms with van der Waals surface area (Å²) in [5.41, 5.74) is 0.675. The molecule has 2 aromatic rings. The van der Waals surface area contributed by atoms with Crippen LogP contribution in [-0.2, 0) is 10.0 Å². The van der Waals surface area contributed by atoms with Gasteiger partial charge >= 0.3 is 0 Å². The number of aromatic amines is 1.